The molecule has 0 aromatic carbocycles. The average Bonchev–Trinajstić information content (AvgIpc) is 2.90. The molecule has 0 spiro atoms. The minimum atomic E-state index is -0.817. The van der Waals surface area contributed by atoms with E-state index in [2.05, 4.69) is 45.3 Å². The van der Waals surface area contributed by atoms with Crippen LogP contribution in [0.3, 0.4) is 0 Å². The maximum atomic E-state index is 10.7. The second kappa shape index (κ2) is 29.6. The van der Waals surface area contributed by atoms with Gasteiger partial charge in [-0.25, -0.2) is 19.2 Å². The lowest BCUT2D eigenvalue weighted by Crippen LogP contribution is -2.16. The van der Waals surface area contributed by atoms with E-state index in [4.69, 9.17) is 25.5 Å². The van der Waals surface area contributed by atoms with Gasteiger partial charge in [-0.3, -0.25) is 0 Å². The van der Waals surface area contributed by atoms with Crippen molar-refractivity contribution in [3.05, 3.63) is 48.6 Å². The van der Waals surface area contributed by atoms with Crippen LogP contribution in [0.15, 0.2) is 48.6 Å². The van der Waals surface area contributed by atoms with E-state index in [0.29, 0.717) is 28.7 Å². The molecule has 0 aliphatic heterocycles. The molecule has 41 heavy (non-hydrogen) atoms. The van der Waals surface area contributed by atoms with Crippen LogP contribution >= 0.6 is 0 Å². The fraction of sp³-hybridized carbons (Fsp3) is 0.571. The van der Waals surface area contributed by atoms with Crippen molar-refractivity contribution in [1.82, 2.24) is 0 Å². The van der Waals surface area contributed by atoms with Gasteiger partial charge in [-0.2, -0.15) is 0 Å². The van der Waals surface area contributed by atoms with Gasteiger partial charge in [-0.15, -0.1) is 0 Å². The summed E-state index contributed by atoms with van der Waals surface area (Å²) in [6, 6.07) is 0. The fourth-order valence-corrected chi connectivity index (χ4v) is 1.44. The Hall–Kier alpha value is -3.36. The summed E-state index contributed by atoms with van der Waals surface area (Å²) in [6.07, 6.45) is -0.694. The van der Waals surface area contributed by atoms with Gasteiger partial charge in [0, 0.05) is 41.7 Å². The van der Waals surface area contributed by atoms with Crippen molar-refractivity contribution in [3.63, 3.8) is 0 Å². The van der Waals surface area contributed by atoms with E-state index in [1.807, 2.05) is 0 Å². The number of hydrogen-bond acceptors (Lipinski definition) is 13. The van der Waals surface area contributed by atoms with Crippen molar-refractivity contribution in [3.8, 4) is 0 Å². The van der Waals surface area contributed by atoms with E-state index in [9.17, 15) is 19.2 Å². The van der Waals surface area contributed by atoms with E-state index in [1.54, 1.807) is 34.6 Å². The lowest BCUT2D eigenvalue weighted by molar-refractivity contribution is -0.142. The molecule has 0 radical (unpaired) electrons. The third kappa shape index (κ3) is 36.6. The topological polar surface area (TPSA) is 206 Å². The van der Waals surface area contributed by atoms with Crippen LogP contribution in [-0.2, 0) is 38.1 Å². The molecule has 0 saturated carbocycles. The van der Waals surface area contributed by atoms with Gasteiger partial charge in [-0.05, 0) is 34.6 Å². The summed E-state index contributed by atoms with van der Waals surface area (Å²) < 4.78 is 18.4. The van der Waals surface area contributed by atoms with Crippen molar-refractivity contribution in [2.45, 2.75) is 59.7 Å². The Morgan fingerprint density at radius 3 is 1.29 bits per heavy atom. The summed E-state index contributed by atoms with van der Waals surface area (Å²) in [7, 11) is 0. The van der Waals surface area contributed by atoms with Crippen LogP contribution in [0, 0.1) is 0 Å². The van der Waals surface area contributed by atoms with E-state index in [0.717, 1.165) is 0 Å². The molecule has 0 amide bonds. The predicted octanol–water partition coefficient (Wildman–Crippen LogP) is 0.922. The molecular formula is C28H48O13. The van der Waals surface area contributed by atoms with Crippen molar-refractivity contribution < 1.29 is 63.7 Å². The average molecular weight is 593 g/mol. The molecule has 5 N–H and O–H groups in total. The molecular weight excluding hydrogens is 544 g/mol. The zero-order valence-corrected chi connectivity index (χ0v) is 24.8. The number of aliphatic hydroxyl groups excluding tert-OH is 5. The lowest BCUT2D eigenvalue weighted by atomic mass is 10.3. The quantitative estimate of drug-likeness (QED) is 0.0777. The molecule has 238 valence electrons. The molecule has 0 aliphatic rings. The minimum Gasteiger partial charge on any atom is -0.462 e. The normalized spacial score (nSPS) is 10.7. The number of carbonyl (C=O) groups excluding carboxylic acids is 4. The molecule has 0 aromatic rings. The summed E-state index contributed by atoms with van der Waals surface area (Å²) in [6.45, 7) is 21.3. The smallest absolute Gasteiger partial charge is 0.333 e. The second-order valence-corrected chi connectivity index (χ2v) is 8.40. The predicted molar refractivity (Wildman–Crippen MR) is 151 cm³/mol. The first-order valence-electron chi connectivity index (χ1n) is 12.5. The number of esters is 4. The summed E-state index contributed by atoms with van der Waals surface area (Å²) in [4.78, 5) is 42.4. The first-order valence-corrected chi connectivity index (χ1v) is 12.5. The monoisotopic (exact) mass is 592 g/mol. The van der Waals surface area contributed by atoms with Gasteiger partial charge in [0.1, 0.15) is 13.2 Å². The zero-order valence-electron chi connectivity index (χ0n) is 24.8. The summed E-state index contributed by atoms with van der Waals surface area (Å²) in [5.41, 5.74) is 1.41. The Morgan fingerprint density at radius 1 is 0.610 bits per heavy atom. The molecule has 0 aromatic heterocycles. The number of rotatable bonds is 15. The number of aliphatic hydroxyl groups is 5. The van der Waals surface area contributed by atoms with Crippen LogP contribution < -0.4 is 0 Å². The molecule has 13 heteroatoms. The molecule has 0 fully saturated rings. The van der Waals surface area contributed by atoms with Crippen LogP contribution in [0.25, 0.3) is 0 Å². The van der Waals surface area contributed by atoms with Crippen LogP contribution in [-0.4, -0.2) is 108 Å². The standard InChI is InChI=1S/C8H14O4.2C7H12O3.C6H10O3/c1-6(2)8(11)12-4-3-7(10)5-9;1-5(2)7(9)10-4-6(3)8;1-6(2)7(9)10-5-3-4-8;1-5(2)6(8)9-4-3-7/h7,9-10H,1,3-5H2,2H3;6,8H,1,4H2,2-3H3;8H,1,3-5H2,2H3;7H,1,3-4H2,2H3. The highest BCUT2D eigenvalue weighted by Gasteiger charge is 2.06. The maximum absolute atomic E-state index is 10.7. The lowest BCUT2D eigenvalue weighted by Gasteiger charge is -2.07. The number of hydrogen-bond donors (Lipinski definition) is 5. The highest BCUT2D eigenvalue weighted by Crippen LogP contribution is 1.96. The van der Waals surface area contributed by atoms with Crippen LogP contribution in [0.5, 0.6) is 0 Å². The van der Waals surface area contributed by atoms with E-state index in [-0.39, 0.29) is 52.7 Å². The molecule has 0 saturated heterocycles. The Morgan fingerprint density at radius 2 is 0.976 bits per heavy atom. The van der Waals surface area contributed by atoms with Crippen molar-refractivity contribution in [2.24, 2.45) is 0 Å². The SMILES string of the molecule is C=C(C)C(=O)OCC(C)O.C=C(C)C(=O)OCCC(O)CO.C=C(C)C(=O)OCCCO.C=C(C)C(=O)OCCO. The summed E-state index contributed by atoms with van der Waals surface area (Å²) in [5, 5.41) is 42.4. The summed E-state index contributed by atoms with van der Waals surface area (Å²) in [5.74, 6) is -1.78. The van der Waals surface area contributed by atoms with Gasteiger partial charge < -0.3 is 44.5 Å². The van der Waals surface area contributed by atoms with Gasteiger partial charge in [-0.1, -0.05) is 26.3 Å². The van der Waals surface area contributed by atoms with Gasteiger partial charge in [0.2, 0.25) is 0 Å². The Labute approximate surface area is 242 Å². The van der Waals surface area contributed by atoms with Crippen LogP contribution in [0.4, 0.5) is 0 Å². The molecule has 0 heterocycles. The molecule has 2 unspecified atom stereocenters. The van der Waals surface area contributed by atoms with Gasteiger partial charge >= 0.3 is 23.9 Å². The van der Waals surface area contributed by atoms with Crippen molar-refractivity contribution >= 4 is 23.9 Å². The van der Waals surface area contributed by atoms with Gasteiger partial charge in [0.25, 0.3) is 0 Å². The fourth-order valence-electron chi connectivity index (χ4n) is 1.44. The summed E-state index contributed by atoms with van der Waals surface area (Å²) >= 11 is 0. The molecule has 2 atom stereocenters. The minimum absolute atomic E-state index is 0.0334. The second-order valence-electron chi connectivity index (χ2n) is 8.40. The Kier molecular flexibility index (Phi) is 32.3. The van der Waals surface area contributed by atoms with Gasteiger partial charge in [0.15, 0.2) is 0 Å². The van der Waals surface area contributed by atoms with Gasteiger partial charge in [0.05, 0.1) is 38.6 Å². The third-order valence-corrected chi connectivity index (χ3v) is 3.60. The Bertz CT molecular complexity index is 816. The molecule has 0 bridgehead atoms. The highest BCUT2D eigenvalue weighted by atomic mass is 16.5. The first-order chi connectivity index (χ1) is 19.0. The molecule has 0 aliphatic carbocycles. The Balaban J connectivity index is -0.000000224. The largest absolute Gasteiger partial charge is 0.462 e. The van der Waals surface area contributed by atoms with Crippen LogP contribution in [0.1, 0.15) is 47.5 Å². The first kappa shape index (κ1) is 44.7. The van der Waals surface area contributed by atoms with E-state index >= 15 is 0 Å². The highest BCUT2D eigenvalue weighted by molar-refractivity contribution is 5.88. The number of carbonyl (C=O) groups is 4. The maximum Gasteiger partial charge on any atom is 0.333 e. The van der Waals surface area contributed by atoms with E-state index in [1.165, 1.54) is 0 Å². The molecule has 13 nitrogen and oxygen atoms in total. The van der Waals surface area contributed by atoms with Crippen molar-refractivity contribution in [2.75, 3.05) is 46.2 Å². The van der Waals surface area contributed by atoms with E-state index < -0.39 is 36.1 Å². The van der Waals surface area contributed by atoms with Crippen molar-refractivity contribution in [1.29, 1.82) is 0 Å². The number of ether oxygens (including phenoxy) is 4. The third-order valence-electron chi connectivity index (χ3n) is 3.60. The zero-order chi connectivity index (χ0) is 33.0. The molecule has 0 rings (SSSR count). The van der Waals surface area contributed by atoms with Crippen LogP contribution in [0.2, 0.25) is 0 Å².